The Morgan fingerprint density at radius 1 is 1.39 bits per heavy atom. The summed E-state index contributed by atoms with van der Waals surface area (Å²) in [5.74, 6) is 0.164. The van der Waals surface area contributed by atoms with E-state index in [1.807, 2.05) is 43.0 Å². The zero-order chi connectivity index (χ0) is 13.3. The van der Waals surface area contributed by atoms with E-state index in [9.17, 15) is 4.79 Å². The van der Waals surface area contributed by atoms with Gasteiger partial charge < -0.3 is 10.6 Å². The predicted octanol–water partition coefficient (Wildman–Crippen LogP) is 2.74. The van der Waals surface area contributed by atoms with Crippen molar-refractivity contribution in [3.63, 3.8) is 0 Å². The molecule has 2 atom stereocenters. The zero-order valence-electron chi connectivity index (χ0n) is 10.8. The number of hydrogen-bond donors (Lipinski definition) is 1. The van der Waals surface area contributed by atoms with Crippen molar-refractivity contribution in [3.05, 3.63) is 34.9 Å². The summed E-state index contributed by atoms with van der Waals surface area (Å²) in [6.45, 7) is 4.03. The van der Waals surface area contributed by atoms with Crippen LogP contribution < -0.4 is 5.73 Å². The lowest BCUT2D eigenvalue weighted by Crippen LogP contribution is -2.51. The van der Waals surface area contributed by atoms with Crippen LogP contribution in [0.2, 0.25) is 5.02 Å². The summed E-state index contributed by atoms with van der Waals surface area (Å²) >= 11 is 6.25. The molecule has 2 unspecified atom stereocenters. The molecule has 1 fully saturated rings. The number of hydrogen-bond acceptors (Lipinski definition) is 2. The third kappa shape index (κ3) is 2.38. The van der Waals surface area contributed by atoms with E-state index in [4.69, 9.17) is 17.3 Å². The van der Waals surface area contributed by atoms with Crippen molar-refractivity contribution in [2.75, 3.05) is 0 Å². The Balaban J connectivity index is 2.43. The first-order chi connectivity index (χ1) is 8.52. The first kappa shape index (κ1) is 13.4. The largest absolute Gasteiger partial charge is 0.332 e. The van der Waals surface area contributed by atoms with Crippen molar-refractivity contribution in [2.24, 2.45) is 5.73 Å². The van der Waals surface area contributed by atoms with Gasteiger partial charge in [0, 0.05) is 23.5 Å². The van der Waals surface area contributed by atoms with Gasteiger partial charge in [-0.3, -0.25) is 4.79 Å². The quantitative estimate of drug-likeness (QED) is 0.895. The van der Waals surface area contributed by atoms with Crippen LogP contribution in [0, 0.1) is 0 Å². The van der Waals surface area contributed by atoms with Crippen LogP contribution >= 0.6 is 11.6 Å². The first-order valence-electron chi connectivity index (χ1n) is 6.33. The monoisotopic (exact) mass is 266 g/mol. The van der Waals surface area contributed by atoms with Gasteiger partial charge in [-0.25, -0.2) is 0 Å². The fourth-order valence-corrected chi connectivity index (χ4v) is 2.89. The molecule has 0 saturated carbocycles. The maximum atomic E-state index is 12.1. The van der Waals surface area contributed by atoms with Crippen LogP contribution in [0.5, 0.6) is 0 Å². The lowest BCUT2D eigenvalue weighted by molar-refractivity contribution is -0.139. The van der Waals surface area contributed by atoms with Crippen molar-refractivity contribution in [1.82, 2.24) is 4.90 Å². The maximum absolute atomic E-state index is 12.1. The molecule has 0 bridgehead atoms. The van der Waals surface area contributed by atoms with E-state index < -0.39 is 0 Å². The predicted molar refractivity (Wildman–Crippen MR) is 73.4 cm³/mol. The minimum Gasteiger partial charge on any atom is -0.332 e. The van der Waals surface area contributed by atoms with Crippen LogP contribution in [-0.2, 0) is 4.79 Å². The molecule has 1 aliphatic rings. The summed E-state index contributed by atoms with van der Waals surface area (Å²) in [7, 11) is 0. The smallest absolute Gasteiger partial charge is 0.223 e. The molecule has 0 radical (unpaired) electrons. The normalized spacial score (nSPS) is 24.7. The highest BCUT2D eigenvalue weighted by Crippen LogP contribution is 2.35. The van der Waals surface area contributed by atoms with Crippen LogP contribution in [0.4, 0.5) is 0 Å². The average Bonchev–Trinajstić information content (AvgIpc) is 2.32. The van der Waals surface area contributed by atoms with Gasteiger partial charge in [0.1, 0.15) is 0 Å². The highest BCUT2D eigenvalue weighted by atomic mass is 35.5. The lowest BCUT2D eigenvalue weighted by atomic mass is 9.89. The van der Waals surface area contributed by atoms with Gasteiger partial charge in [0.2, 0.25) is 5.91 Å². The van der Waals surface area contributed by atoms with Gasteiger partial charge in [-0.15, -0.1) is 0 Å². The molecule has 2 rings (SSSR count). The molecule has 0 spiro atoms. The van der Waals surface area contributed by atoms with Crippen molar-refractivity contribution in [3.8, 4) is 0 Å². The molecule has 1 aliphatic heterocycles. The van der Waals surface area contributed by atoms with Gasteiger partial charge in [0.05, 0.1) is 6.04 Å². The van der Waals surface area contributed by atoms with Gasteiger partial charge in [0.15, 0.2) is 0 Å². The summed E-state index contributed by atoms with van der Waals surface area (Å²) in [5, 5.41) is 0.679. The Morgan fingerprint density at radius 3 is 2.67 bits per heavy atom. The number of benzene rings is 1. The van der Waals surface area contributed by atoms with E-state index in [0.29, 0.717) is 11.4 Å². The van der Waals surface area contributed by atoms with E-state index >= 15 is 0 Å². The Bertz CT molecular complexity index is 447. The number of nitrogens with two attached hydrogens (primary N) is 1. The molecule has 1 heterocycles. The summed E-state index contributed by atoms with van der Waals surface area (Å²) in [4.78, 5) is 14.0. The standard InChI is InChI=1S/C14H19ClN2O/c1-9(2)17-13(18)8-7-12(16)14(17)10-5-3-4-6-11(10)15/h3-6,9,12,14H,7-8,16H2,1-2H3. The summed E-state index contributed by atoms with van der Waals surface area (Å²) in [6.07, 6.45) is 1.25. The van der Waals surface area contributed by atoms with Crippen LogP contribution in [0.3, 0.4) is 0 Å². The fraction of sp³-hybridized carbons (Fsp3) is 0.500. The third-order valence-corrected chi connectivity index (χ3v) is 3.81. The minimum atomic E-state index is -0.111. The Morgan fingerprint density at radius 2 is 2.06 bits per heavy atom. The Hall–Kier alpha value is -1.06. The Kier molecular flexibility index (Phi) is 3.93. The molecule has 0 aliphatic carbocycles. The number of halogens is 1. The number of rotatable bonds is 2. The zero-order valence-corrected chi connectivity index (χ0v) is 11.5. The SMILES string of the molecule is CC(C)N1C(=O)CCC(N)C1c1ccccc1Cl. The number of carbonyl (C=O) groups excluding carboxylic acids is 1. The highest BCUT2D eigenvalue weighted by molar-refractivity contribution is 6.31. The molecule has 18 heavy (non-hydrogen) atoms. The number of amides is 1. The second-order valence-electron chi connectivity index (χ2n) is 5.06. The molecular weight excluding hydrogens is 248 g/mol. The number of piperidine rings is 1. The molecule has 1 aromatic carbocycles. The molecular formula is C14H19ClN2O. The molecule has 0 aromatic heterocycles. The van der Waals surface area contributed by atoms with Crippen LogP contribution in [0.25, 0.3) is 0 Å². The lowest BCUT2D eigenvalue weighted by Gasteiger charge is -2.42. The van der Waals surface area contributed by atoms with E-state index in [0.717, 1.165) is 12.0 Å². The number of carbonyl (C=O) groups is 1. The number of nitrogens with zero attached hydrogens (tertiary/aromatic N) is 1. The fourth-order valence-electron chi connectivity index (χ4n) is 2.64. The first-order valence-corrected chi connectivity index (χ1v) is 6.71. The van der Waals surface area contributed by atoms with Crippen molar-refractivity contribution < 1.29 is 4.79 Å². The van der Waals surface area contributed by atoms with Crippen molar-refractivity contribution in [2.45, 2.75) is 44.8 Å². The summed E-state index contributed by atoms with van der Waals surface area (Å²) in [5.41, 5.74) is 7.17. The molecule has 2 N–H and O–H groups in total. The highest BCUT2D eigenvalue weighted by Gasteiger charge is 2.37. The molecule has 3 nitrogen and oxygen atoms in total. The maximum Gasteiger partial charge on any atom is 0.223 e. The van der Waals surface area contributed by atoms with Gasteiger partial charge in [-0.05, 0) is 31.9 Å². The molecule has 1 aromatic rings. The summed E-state index contributed by atoms with van der Waals surface area (Å²) in [6, 6.07) is 7.60. The molecule has 1 saturated heterocycles. The van der Waals surface area contributed by atoms with Crippen molar-refractivity contribution in [1.29, 1.82) is 0 Å². The van der Waals surface area contributed by atoms with Gasteiger partial charge >= 0.3 is 0 Å². The van der Waals surface area contributed by atoms with E-state index in [1.54, 1.807) is 0 Å². The topological polar surface area (TPSA) is 46.3 Å². The minimum absolute atomic E-state index is 0.0509. The Labute approximate surface area is 113 Å². The second-order valence-corrected chi connectivity index (χ2v) is 5.47. The van der Waals surface area contributed by atoms with E-state index in [-0.39, 0.29) is 24.0 Å². The van der Waals surface area contributed by atoms with Crippen LogP contribution in [0.1, 0.15) is 38.3 Å². The van der Waals surface area contributed by atoms with Crippen LogP contribution in [-0.4, -0.2) is 22.9 Å². The average molecular weight is 267 g/mol. The van der Waals surface area contributed by atoms with E-state index in [2.05, 4.69) is 0 Å². The van der Waals surface area contributed by atoms with Gasteiger partial charge in [-0.1, -0.05) is 29.8 Å². The molecule has 1 amide bonds. The van der Waals surface area contributed by atoms with Crippen LogP contribution in [0.15, 0.2) is 24.3 Å². The van der Waals surface area contributed by atoms with Gasteiger partial charge in [-0.2, -0.15) is 0 Å². The molecule has 4 heteroatoms. The third-order valence-electron chi connectivity index (χ3n) is 3.46. The second kappa shape index (κ2) is 5.29. The van der Waals surface area contributed by atoms with E-state index in [1.165, 1.54) is 0 Å². The summed E-state index contributed by atoms with van der Waals surface area (Å²) < 4.78 is 0. The molecule has 98 valence electrons. The number of likely N-dealkylation sites (tertiary alicyclic amines) is 1. The van der Waals surface area contributed by atoms with Gasteiger partial charge in [0.25, 0.3) is 0 Å². The van der Waals surface area contributed by atoms with Crippen molar-refractivity contribution >= 4 is 17.5 Å².